The molecule has 0 N–H and O–H groups in total. The molecule has 0 radical (unpaired) electrons. The van der Waals surface area contributed by atoms with Crippen LogP contribution in [0, 0.1) is 0 Å². The molecule has 3 rings (SSSR count). The van der Waals surface area contributed by atoms with E-state index in [1.165, 1.54) is 13.1 Å². The topological polar surface area (TPSA) is 0 Å². The number of halogens is 1. The predicted molar refractivity (Wildman–Crippen MR) is 95.7 cm³/mol. The first-order chi connectivity index (χ1) is 10.1. The SMILES string of the molecule is C[As](Cl)(c1ccccc1)(c1ccccc1)c1ccccc1. The van der Waals surface area contributed by atoms with E-state index in [1.54, 1.807) is 0 Å². The zero-order valence-corrected chi connectivity index (χ0v) is 14.6. The van der Waals surface area contributed by atoms with Crippen LogP contribution >= 0.6 is 9.95 Å². The zero-order chi connectivity index (χ0) is 14.8. The molecule has 0 heterocycles. The van der Waals surface area contributed by atoms with Crippen molar-refractivity contribution in [1.82, 2.24) is 0 Å². The van der Waals surface area contributed by atoms with Crippen molar-refractivity contribution in [3.8, 4) is 0 Å². The first-order valence-electron chi connectivity index (χ1n) is 7.02. The van der Waals surface area contributed by atoms with Gasteiger partial charge in [-0.05, 0) is 0 Å². The Hall–Kier alpha value is -1.49. The second-order valence-corrected chi connectivity index (χ2v) is 19.1. The molecule has 0 aromatic heterocycles. The van der Waals surface area contributed by atoms with Gasteiger partial charge in [0.2, 0.25) is 0 Å². The Morgan fingerprint density at radius 3 is 1.00 bits per heavy atom. The summed E-state index contributed by atoms with van der Waals surface area (Å²) in [5, 5.41) is 0. The van der Waals surface area contributed by atoms with E-state index in [2.05, 4.69) is 78.5 Å². The van der Waals surface area contributed by atoms with E-state index in [-0.39, 0.29) is 0 Å². The first-order valence-corrected chi connectivity index (χ1v) is 14.2. The van der Waals surface area contributed by atoms with Crippen LogP contribution in [-0.2, 0) is 0 Å². The van der Waals surface area contributed by atoms with E-state index >= 15 is 0 Å². The van der Waals surface area contributed by atoms with Crippen molar-refractivity contribution in [3.63, 3.8) is 0 Å². The van der Waals surface area contributed by atoms with Gasteiger partial charge in [-0.1, -0.05) is 0 Å². The van der Waals surface area contributed by atoms with Crippen LogP contribution in [0.25, 0.3) is 0 Å². The maximum absolute atomic E-state index is 7.55. The van der Waals surface area contributed by atoms with Crippen LogP contribution in [0.4, 0.5) is 0 Å². The van der Waals surface area contributed by atoms with Crippen molar-refractivity contribution in [2.75, 3.05) is 0 Å². The van der Waals surface area contributed by atoms with Crippen molar-refractivity contribution >= 4 is 34.5 Å². The summed E-state index contributed by atoms with van der Waals surface area (Å²) in [6, 6.07) is 31.6. The van der Waals surface area contributed by atoms with Crippen molar-refractivity contribution in [1.29, 1.82) is 0 Å². The maximum atomic E-state index is 7.55. The van der Waals surface area contributed by atoms with Gasteiger partial charge in [-0.2, -0.15) is 0 Å². The Kier molecular flexibility index (Phi) is 3.69. The summed E-state index contributed by atoms with van der Waals surface area (Å²) in [7, 11) is 7.55. The minimum absolute atomic E-state index is 1.25. The van der Waals surface area contributed by atoms with Crippen LogP contribution < -0.4 is 13.1 Å². The number of hydrogen-bond donors (Lipinski definition) is 0. The normalized spacial score (nSPS) is 13.3. The van der Waals surface area contributed by atoms with Gasteiger partial charge in [-0.15, -0.1) is 0 Å². The molecule has 0 saturated heterocycles. The number of benzene rings is 3. The zero-order valence-electron chi connectivity index (χ0n) is 12.0. The van der Waals surface area contributed by atoms with Gasteiger partial charge < -0.3 is 0 Å². The Balaban J connectivity index is 2.36. The molecule has 0 nitrogen and oxygen atoms in total. The first kappa shape index (κ1) is 14.4. The molecule has 0 bridgehead atoms. The Morgan fingerprint density at radius 2 is 0.762 bits per heavy atom. The third kappa shape index (κ3) is 2.33. The summed E-state index contributed by atoms with van der Waals surface area (Å²) >= 11 is -3.57. The number of hydrogen-bond acceptors (Lipinski definition) is 0. The van der Waals surface area contributed by atoms with Crippen molar-refractivity contribution in [3.05, 3.63) is 91.0 Å². The average molecular weight is 357 g/mol. The van der Waals surface area contributed by atoms with Crippen LogP contribution in [0.3, 0.4) is 0 Å². The van der Waals surface area contributed by atoms with Gasteiger partial charge >= 0.3 is 131 Å². The van der Waals surface area contributed by atoms with Gasteiger partial charge in [0.25, 0.3) is 0 Å². The molecule has 106 valence electrons. The molecule has 3 aromatic carbocycles. The molecule has 0 aliphatic carbocycles. The third-order valence-corrected chi connectivity index (χ3v) is 16.8. The van der Waals surface area contributed by atoms with Gasteiger partial charge in [0.05, 0.1) is 0 Å². The molecule has 0 aliphatic rings. The summed E-state index contributed by atoms with van der Waals surface area (Å²) < 4.78 is 3.74. The molecular formula is C19H18AsCl. The summed E-state index contributed by atoms with van der Waals surface area (Å²) in [4.78, 5) is 0. The molecule has 0 saturated carbocycles. The Morgan fingerprint density at radius 1 is 0.524 bits per heavy atom. The van der Waals surface area contributed by atoms with Crippen molar-refractivity contribution in [2.45, 2.75) is 5.71 Å². The predicted octanol–water partition coefficient (Wildman–Crippen LogP) is 3.48. The molecule has 2 heteroatoms. The molecule has 0 unspecified atom stereocenters. The van der Waals surface area contributed by atoms with Gasteiger partial charge in [0, 0.05) is 0 Å². The number of rotatable bonds is 3. The third-order valence-electron chi connectivity index (χ3n) is 4.11. The standard InChI is InChI=1S/C19H18AsCl/c1-20(21,17-11-5-2-6-12-17,18-13-7-3-8-14-18)19-15-9-4-10-16-19/h2-16H,1H3. The van der Waals surface area contributed by atoms with E-state index in [4.69, 9.17) is 9.95 Å². The van der Waals surface area contributed by atoms with Gasteiger partial charge in [0.15, 0.2) is 0 Å². The monoisotopic (exact) mass is 356 g/mol. The van der Waals surface area contributed by atoms with Gasteiger partial charge in [0.1, 0.15) is 0 Å². The Labute approximate surface area is 131 Å². The van der Waals surface area contributed by atoms with E-state index < -0.39 is 11.5 Å². The summed E-state index contributed by atoms with van der Waals surface area (Å²) in [5.41, 5.74) is 2.26. The summed E-state index contributed by atoms with van der Waals surface area (Å²) in [6.45, 7) is 0. The fourth-order valence-electron chi connectivity index (χ4n) is 2.79. The van der Waals surface area contributed by atoms with Crippen LogP contribution in [0.5, 0.6) is 0 Å². The quantitative estimate of drug-likeness (QED) is 0.630. The van der Waals surface area contributed by atoms with Crippen molar-refractivity contribution < 1.29 is 0 Å². The van der Waals surface area contributed by atoms with Crippen molar-refractivity contribution in [2.24, 2.45) is 0 Å². The molecule has 0 amide bonds. The fourth-order valence-corrected chi connectivity index (χ4v) is 12.0. The second-order valence-electron chi connectivity index (χ2n) is 5.44. The summed E-state index contributed by atoms with van der Waals surface area (Å²) in [6.07, 6.45) is 0. The molecule has 0 fully saturated rings. The van der Waals surface area contributed by atoms with Crippen LogP contribution in [0.1, 0.15) is 0 Å². The molecule has 0 aliphatic heterocycles. The van der Waals surface area contributed by atoms with E-state index in [0.717, 1.165) is 0 Å². The van der Waals surface area contributed by atoms with Crippen LogP contribution in [0.15, 0.2) is 91.0 Å². The fraction of sp³-hybridized carbons (Fsp3) is 0.0526. The van der Waals surface area contributed by atoms with E-state index in [9.17, 15) is 0 Å². The van der Waals surface area contributed by atoms with Gasteiger partial charge in [-0.3, -0.25) is 0 Å². The summed E-state index contributed by atoms with van der Waals surface area (Å²) in [5.74, 6) is 0. The average Bonchev–Trinajstić information content (AvgIpc) is 2.57. The minimum atomic E-state index is -3.57. The van der Waals surface area contributed by atoms with Crippen LogP contribution in [0.2, 0.25) is 5.71 Å². The van der Waals surface area contributed by atoms with Gasteiger partial charge in [-0.25, -0.2) is 0 Å². The van der Waals surface area contributed by atoms with E-state index in [1.807, 2.05) is 18.2 Å². The Bertz CT molecular complexity index is 618. The van der Waals surface area contributed by atoms with Crippen LogP contribution in [-0.4, -0.2) is 11.5 Å². The molecular weight excluding hydrogens is 339 g/mol. The van der Waals surface area contributed by atoms with E-state index in [0.29, 0.717) is 0 Å². The second kappa shape index (κ2) is 5.37. The molecule has 3 aromatic rings. The molecule has 0 spiro atoms. The molecule has 21 heavy (non-hydrogen) atoms. The molecule has 0 atom stereocenters.